The Labute approximate surface area is 159 Å². The van der Waals surface area contributed by atoms with E-state index < -0.39 is 0 Å². The summed E-state index contributed by atoms with van der Waals surface area (Å²) in [5, 5.41) is 3.79. The summed E-state index contributed by atoms with van der Waals surface area (Å²) in [6, 6.07) is 5.68. The number of nitrogens with one attached hydrogen (secondary N) is 1. The van der Waals surface area contributed by atoms with Crippen LogP contribution in [0.2, 0.25) is 0 Å². The Morgan fingerprint density at radius 3 is 2.65 bits per heavy atom. The number of thioether (sulfide) groups is 1. The van der Waals surface area contributed by atoms with Gasteiger partial charge >= 0.3 is 0 Å². The standard InChI is InChI=1S/C18H19FN4OS2/c1-4-13(16(24)21-12-7-5-11(19)6-8-12)26-18-22-15(20)14-9(2)10(3)25-17(14)23-18/h5-8,13H,4H2,1-3H3,(H,21,24)(H2,20,22,23)/t13-/m1/s1. The van der Waals surface area contributed by atoms with Gasteiger partial charge in [-0.1, -0.05) is 18.7 Å². The first kappa shape index (κ1) is 18.6. The molecule has 2 aromatic heterocycles. The van der Waals surface area contributed by atoms with Gasteiger partial charge in [0, 0.05) is 10.6 Å². The summed E-state index contributed by atoms with van der Waals surface area (Å²) in [5.41, 5.74) is 7.76. The summed E-state index contributed by atoms with van der Waals surface area (Å²) < 4.78 is 13.0. The molecule has 2 heterocycles. The number of fused-ring (bicyclic) bond motifs is 1. The maximum absolute atomic E-state index is 13.0. The van der Waals surface area contributed by atoms with Crippen molar-refractivity contribution in [1.82, 2.24) is 9.97 Å². The van der Waals surface area contributed by atoms with Crippen LogP contribution in [-0.2, 0) is 4.79 Å². The van der Waals surface area contributed by atoms with Crippen molar-refractivity contribution >= 4 is 50.7 Å². The quantitative estimate of drug-likeness (QED) is 0.494. The molecule has 0 saturated carbocycles. The number of carbonyl (C=O) groups is 1. The van der Waals surface area contributed by atoms with Gasteiger partial charge in [-0.3, -0.25) is 4.79 Å². The van der Waals surface area contributed by atoms with Crippen molar-refractivity contribution < 1.29 is 9.18 Å². The van der Waals surface area contributed by atoms with Crippen molar-refractivity contribution in [1.29, 1.82) is 0 Å². The highest BCUT2D eigenvalue weighted by molar-refractivity contribution is 8.00. The molecule has 3 rings (SSSR count). The van der Waals surface area contributed by atoms with Crippen molar-refractivity contribution in [2.24, 2.45) is 0 Å². The normalized spacial score (nSPS) is 12.3. The average Bonchev–Trinajstić information content (AvgIpc) is 2.89. The topological polar surface area (TPSA) is 80.9 Å². The largest absolute Gasteiger partial charge is 0.383 e. The number of hydrogen-bond acceptors (Lipinski definition) is 6. The maximum Gasteiger partial charge on any atom is 0.237 e. The Balaban J connectivity index is 1.80. The van der Waals surface area contributed by atoms with Gasteiger partial charge < -0.3 is 11.1 Å². The first-order chi connectivity index (χ1) is 12.4. The molecule has 0 fully saturated rings. The Kier molecular flexibility index (Phi) is 5.43. The average molecular weight is 391 g/mol. The summed E-state index contributed by atoms with van der Waals surface area (Å²) in [5.74, 6) is -0.0822. The van der Waals surface area contributed by atoms with Crippen LogP contribution >= 0.6 is 23.1 Å². The molecule has 8 heteroatoms. The van der Waals surface area contributed by atoms with E-state index in [0.717, 1.165) is 20.7 Å². The second-order valence-corrected chi connectivity index (χ2v) is 8.24. The van der Waals surface area contributed by atoms with Crippen molar-refractivity contribution in [2.45, 2.75) is 37.6 Å². The molecule has 3 aromatic rings. The van der Waals surface area contributed by atoms with Crippen LogP contribution in [-0.4, -0.2) is 21.1 Å². The number of thiophene rings is 1. The molecule has 0 unspecified atom stereocenters. The van der Waals surface area contributed by atoms with Gasteiger partial charge in [0.25, 0.3) is 0 Å². The fourth-order valence-corrected chi connectivity index (χ4v) is 4.50. The Hall–Kier alpha value is -2.19. The number of aromatic nitrogens is 2. The van der Waals surface area contributed by atoms with Crippen molar-refractivity contribution in [3.05, 3.63) is 40.5 Å². The minimum Gasteiger partial charge on any atom is -0.383 e. The van der Waals surface area contributed by atoms with Crippen LogP contribution in [0.5, 0.6) is 0 Å². The number of benzene rings is 1. The molecule has 26 heavy (non-hydrogen) atoms. The van der Waals surface area contributed by atoms with Crippen LogP contribution in [0.3, 0.4) is 0 Å². The second kappa shape index (κ2) is 7.59. The molecule has 0 spiro atoms. The van der Waals surface area contributed by atoms with E-state index >= 15 is 0 Å². The van der Waals surface area contributed by atoms with Crippen molar-refractivity contribution in [3.8, 4) is 0 Å². The predicted molar refractivity (Wildman–Crippen MR) is 106 cm³/mol. The van der Waals surface area contributed by atoms with Gasteiger partial charge in [0.15, 0.2) is 5.16 Å². The summed E-state index contributed by atoms with van der Waals surface area (Å²) >= 11 is 2.86. The molecule has 0 bridgehead atoms. The van der Waals surface area contributed by atoms with E-state index in [1.165, 1.54) is 36.0 Å². The minimum atomic E-state index is -0.376. The lowest BCUT2D eigenvalue weighted by Gasteiger charge is -2.14. The van der Waals surface area contributed by atoms with E-state index in [9.17, 15) is 9.18 Å². The molecule has 0 aliphatic carbocycles. The highest BCUT2D eigenvalue weighted by Crippen LogP contribution is 2.34. The molecule has 0 radical (unpaired) electrons. The van der Waals surface area contributed by atoms with E-state index in [2.05, 4.69) is 15.3 Å². The third-order valence-corrected chi connectivity index (χ3v) is 6.39. The third-order valence-electron chi connectivity index (χ3n) is 4.06. The van der Waals surface area contributed by atoms with Gasteiger partial charge in [-0.25, -0.2) is 14.4 Å². The zero-order valence-corrected chi connectivity index (χ0v) is 16.3. The zero-order valence-electron chi connectivity index (χ0n) is 14.7. The predicted octanol–water partition coefficient (Wildman–Crippen LogP) is 4.54. The lowest BCUT2D eigenvalue weighted by atomic mass is 10.2. The van der Waals surface area contributed by atoms with Gasteiger partial charge in [0.05, 0.1) is 10.6 Å². The number of hydrogen-bond donors (Lipinski definition) is 2. The molecular formula is C18H19FN4OS2. The first-order valence-corrected chi connectivity index (χ1v) is 9.85. The van der Waals surface area contributed by atoms with Gasteiger partial charge in [-0.2, -0.15) is 0 Å². The summed E-state index contributed by atoms with van der Waals surface area (Å²) in [6.07, 6.45) is 0.599. The van der Waals surface area contributed by atoms with E-state index in [1.807, 2.05) is 20.8 Å². The summed E-state index contributed by atoms with van der Waals surface area (Å²) in [4.78, 5) is 23.5. The number of halogens is 1. The van der Waals surface area contributed by atoms with E-state index in [4.69, 9.17) is 5.73 Å². The number of amides is 1. The molecule has 136 valence electrons. The van der Waals surface area contributed by atoms with Crippen LogP contribution in [0.15, 0.2) is 29.4 Å². The third kappa shape index (κ3) is 3.81. The molecule has 0 aliphatic heterocycles. The minimum absolute atomic E-state index is 0.176. The molecule has 1 amide bonds. The van der Waals surface area contributed by atoms with Crippen LogP contribution < -0.4 is 11.1 Å². The fraction of sp³-hybridized carbons (Fsp3) is 0.278. The lowest BCUT2D eigenvalue weighted by molar-refractivity contribution is -0.115. The molecule has 1 atom stereocenters. The smallest absolute Gasteiger partial charge is 0.237 e. The number of nitrogen functional groups attached to an aromatic ring is 1. The van der Waals surface area contributed by atoms with Crippen LogP contribution in [0.4, 0.5) is 15.9 Å². The highest BCUT2D eigenvalue weighted by atomic mass is 32.2. The van der Waals surface area contributed by atoms with Crippen molar-refractivity contribution in [2.75, 3.05) is 11.1 Å². The van der Waals surface area contributed by atoms with Crippen LogP contribution in [0.25, 0.3) is 10.2 Å². The molecular weight excluding hydrogens is 371 g/mol. The SMILES string of the molecule is CC[C@@H](Sc1nc(N)c2c(C)c(C)sc2n1)C(=O)Nc1ccc(F)cc1. The fourth-order valence-electron chi connectivity index (χ4n) is 2.52. The van der Waals surface area contributed by atoms with Gasteiger partial charge in [0.1, 0.15) is 16.5 Å². The van der Waals surface area contributed by atoms with Crippen LogP contribution in [0.1, 0.15) is 23.8 Å². The summed E-state index contributed by atoms with van der Waals surface area (Å²) in [6.45, 7) is 5.95. The van der Waals surface area contributed by atoms with Gasteiger partial charge in [-0.15, -0.1) is 11.3 Å². The maximum atomic E-state index is 13.0. The van der Waals surface area contributed by atoms with Crippen LogP contribution in [0, 0.1) is 19.7 Å². The zero-order chi connectivity index (χ0) is 18.8. The molecule has 1 aromatic carbocycles. The lowest BCUT2D eigenvalue weighted by Crippen LogP contribution is -2.24. The summed E-state index contributed by atoms with van der Waals surface area (Å²) in [7, 11) is 0. The number of nitrogens with zero attached hydrogens (tertiary/aromatic N) is 2. The van der Waals surface area contributed by atoms with Crippen molar-refractivity contribution in [3.63, 3.8) is 0 Å². The van der Waals surface area contributed by atoms with E-state index in [-0.39, 0.29) is 17.0 Å². The van der Waals surface area contributed by atoms with Gasteiger partial charge in [-0.05, 0) is 50.1 Å². The van der Waals surface area contributed by atoms with Gasteiger partial charge in [0.2, 0.25) is 5.91 Å². The number of aryl methyl sites for hydroxylation is 2. The molecule has 0 saturated heterocycles. The van der Waals surface area contributed by atoms with E-state index in [0.29, 0.717) is 23.1 Å². The molecule has 5 nitrogen and oxygen atoms in total. The second-order valence-electron chi connectivity index (χ2n) is 5.87. The molecule has 3 N–H and O–H groups in total. The number of rotatable bonds is 5. The molecule has 0 aliphatic rings. The monoisotopic (exact) mass is 390 g/mol. The first-order valence-electron chi connectivity index (χ1n) is 8.15. The van der Waals surface area contributed by atoms with E-state index in [1.54, 1.807) is 11.3 Å². The Bertz CT molecular complexity index is 956. The number of nitrogens with two attached hydrogens (primary N) is 1. The Morgan fingerprint density at radius 2 is 2.00 bits per heavy atom. The number of anilines is 2. The highest BCUT2D eigenvalue weighted by Gasteiger charge is 2.21. The Morgan fingerprint density at radius 1 is 1.31 bits per heavy atom. The number of carbonyl (C=O) groups excluding carboxylic acids is 1.